The minimum absolute atomic E-state index is 0.0542. The molecular formula is C28H55NO8P+. The Bertz CT molecular complexity index is 711. The Kier molecular flexibility index (Phi) is 21.1. The predicted octanol–water partition coefficient (Wildman–Crippen LogP) is 5.03. The minimum atomic E-state index is -4.15. The highest BCUT2D eigenvalue weighted by atomic mass is 31.2. The van der Waals surface area contributed by atoms with Gasteiger partial charge in [-0.3, -0.25) is 9.36 Å². The normalized spacial score (nSPS) is 15.8. The lowest BCUT2D eigenvalue weighted by atomic mass is 10.1. The molecule has 9 nitrogen and oxygen atoms in total. The number of rotatable bonds is 24. The van der Waals surface area contributed by atoms with Crippen molar-refractivity contribution in [2.45, 2.75) is 115 Å². The van der Waals surface area contributed by atoms with E-state index in [2.05, 4.69) is 31.2 Å². The quantitative estimate of drug-likeness (QED) is 0.0320. The zero-order valence-corrected chi connectivity index (χ0v) is 25.1. The highest BCUT2D eigenvalue weighted by Gasteiger charge is 2.44. The van der Waals surface area contributed by atoms with Crippen LogP contribution in [0.3, 0.4) is 0 Å². The van der Waals surface area contributed by atoms with Gasteiger partial charge in [0.1, 0.15) is 12.7 Å². The molecule has 0 bridgehead atoms. The van der Waals surface area contributed by atoms with Crippen molar-refractivity contribution in [2.24, 2.45) is 0 Å². The van der Waals surface area contributed by atoms with Crippen molar-refractivity contribution >= 4 is 13.6 Å². The van der Waals surface area contributed by atoms with E-state index in [0.29, 0.717) is 19.3 Å². The van der Waals surface area contributed by atoms with Crippen molar-refractivity contribution in [3.8, 4) is 0 Å². The Morgan fingerprint density at radius 1 is 0.842 bits per heavy atom. The van der Waals surface area contributed by atoms with Crippen molar-refractivity contribution in [3.05, 3.63) is 24.3 Å². The van der Waals surface area contributed by atoms with E-state index < -0.39 is 38.3 Å². The molecule has 0 aliphatic carbocycles. The molecule has 0 spiro atoms. The molecule has 0 aromatic rings. The second-order valence-electron chi connectivity index (χ2n) is 10.5. The van der Waals surface area contributed by atoms with E-state index in [1.807, 2.05) is 6.92 Å². The maximum absolute atomic E-state index is 13.0. The van der Waals surface area contributed by atoms with Gasteiger partial charge in [-0.1, -0.05) is 51.0 Å². The topological polar surface area (TPSA) is 134 Å². The zero-order chi connectivity index (χ0) is 28.9. The highest BCUT2D eigenvalue weighted by Crippen LogP contribution is 2.52. The molecular weight excluding hydrogens is 509 g/mol. The van der Waals surface area contributed by atoms with Crippen molar-refractivity contribution in [3.63, 3.8) is 0 Å². The number of hydrogen-bond donors (Lipinski definition) is 4. The van der Waals surface area contributed by atoms with E-state index in [1.54, 1.807) is 14.1 Å². The molecule has 4 N–H and O–H groups in total. The molecule has 0 fully saturated rings. The summed E-state index contributed by atoms with van der Waals surface area (Å²) < 4.78 is 23.3. The van der Waals surface area contributed by atoms with E-state index in [1.165, 1.54) is 25.7 Å². The number of hydrogen-bond acceptors (Lipinski definition) is 7. The molecule has 0 rings (SSSR count). The van der Waals surface area contributed by atoms with Gasteiger partial charge in [-0.05, 0) is 51.4 Å². The third-order valence-corrected chi connectivity index (χ3v) is 8.54. The second kappa shape index (κ2) is 21.7. The van der Waals surface area contributed by atoms with Crippen LogP contribution in [0.2, 0.25) is 0 Å². The standard InChI is InChI=1S/C28H54NO8P/c1-5-7-8-9-10-11-12-13-14-15-16-17-18-20-28(33)36-23-25(30)24-37-38(34,35)26(19-6-2)29(3,4)22-21-27(31)32/h9-10,15-16,25-27,30-32H,5-8,11-14,17-24H2,1-4H3/p+1/b10-9-,16-15-/t25-,26?/m1/s1. The summed E-state index contributed by atoms with van der Waals surface area (Å²) in [6.07, 6.45) is 17.0. The van der Waals surface area contributed by atoms with E-state index in [4.69, 9.17) is 19.5 Å². The van der Waals surface area contributed by atoms with Crippen molar-refractivity contribution in [2.75, 3.05) is 33.9 Å². The lowest BCUT2D eigenvalue weighted by molar-refractivity contribution is -0.904. The number of carbonyl (C=O) groups excluding carboxylic acids is 1. The zero-order valence-electron chi connectivity index (χ0n) is 24.2. The first-order valence-corrected chi connectivity index (χ1v) is 15.9. The summed E-state index contributed by atoms with van der Waals surface area (Å²) in [5.41, 5.74) is 0. The van der Waals surface area contributed by atoms with Crippen LogP contribution in [0.5, 0.6) is 0 Å². The van der Waals surface area contributed by atoms with Gasteiger partial charge in [0.2, 0.25) is 0 Å². The summed E-state index contributed by atoms with van der Waals surface area (Å²) >= 11 is 0. The van der Waals surface area contributed by atoms with E-state index >= 15 is 0 Å². The first-order valence-electron chi connectivity index (χ1n) is 14.3. The van der Waals surface area contributed by atoms with E-state index in [9.17, 15) is 19.4 Å². The number of esters is 1. The van der Waals surface area contributed by atoms with Gasteiger partial charge in [0.25, 0.3) is 0 Å². The third kappa shape index (κ3) is 19.1. The summed E-state index contributed by atoms with van der Waals surface area (Å²) in [4.78, 5) is 22.5. The summed E-state index contributed by atoms with van der Waals surface area (Å²) in [6.45, 7) is 3.59. The molecule has 3 atom stereocenters. The molecule has 224 valence electrons. The Labute approximate surface area is 230 Å². The predicted molar refractivity (Wildman–Crippen MR) is 151 cm³/mol. The minimum Gasteiger partial charge on any atom is -0.463 e. The van der Waals surface area contributed by atoms with Crippen LogP contribution in [-0.2, 0) is 18.6 Å². The average molecular weight is 565 g/mol. The molecule has 0 heterocycles. The van der Waals surface area contributed by atoms with Gasteiger partial charge >= 0.3 is 13.6 Å². The number of carbonyl (C=O) groups is 1. The molecule has 0 amide bonds. The number of nitrogens with zero attached hydrogens (tertiary/aromatic N) is 1. The highest BCUT2D eigenvalue weighted by molar-refractivity contribution is 7.53. The first-order chi connectivity index (χ1) is 18.0. The van der Waals surface area contributed by atoms with Crippen molar-refractivity contribution in [1.82, 2.24) is 0 Å². The fraction of sp³-hybridized carbons (Fsp3) is 0.821. The van der Waals surface area contributed by atoms with Crippen LogP contribution in [0.25, 0.3) is 0 Å². The van der Waals surface area contributed by atoms with Crippen molar-refractivity contribution in [1.29, 1.82) is 0 Å². The van der Waals surface area contributed by atoms with Crippen LogP contribution in [0.15, 0.2) is 24.3 Å². The van der Waals surface area contributed by atoms with Gasteiger partial charge in [-0.2, -0.15) is 0 Å². The van der Waals surface area contributed by atoms with Crippen LogP contribution >= 0.6 is 7.60 Å². The van der Waals surface area contributed by atoms with Gasteiger partial charge < -0.3 is 34.0 Å². The summed E-state index contributed by atoms with van der Waals surface area (Å²) in [6, 6.07) is 0. The van der Waals surface area contributed by atoms with Crippen LogP contribution in [0.1, 0.15) is 97.3 Å². The Morgan fingerprint density at radius 2 is 1.39 bits per heavy atom. The average Bonchev–Trinajstić information content (AvgIpc) is 2.86. The molecule has 38 heavy (non-hydrogen) atoms. The number of allylic oxidation sites excluding steroid dienone is 4. The molecule has 0 saturated heterocycles. The van der Waals surface area contributed by atoms with Crippen LogP contribution in [0, 0.1) is 0 Å². The summed E-state index contributed by atoms with van der Waals surface area (Å²) in [7, 11) is -0.683. The fourth-order valence-electron chi connectivity index (χ4n) is 4.03. The van der Waals surface area contributed by atoms with Gasteiger partial charge in [0, 0.05) is 19.3 Å². The number of aliphatic hydroxyl groups is 3. The second-order valence-corrected chi connectivity index (χ2v) is 12.5. The molecule has 10 heteroatoms. The molecule has 0 aromatic heterocycles. The van der Waals surface area contributed by atoms with Gasteiger partial charge in [0.15, 0.2) is 12.1 Å². The number of quaternary nitrogens is 1. The van der Waals surface area contributed by atoms with Crippen LogP contribution < -0.4 is 0 Å². The number of unbranched alkanes of at least 4 members (excludes halogenated alkanes) is 6. The van der Waals surface area contributed by atoms with E-state index in [0.717, 1.165) is 25.7 Å². The lowest BCUT2D eigenvalue weighted by Gasteiger charge is -2.39. The Morgan fingerprint density at radius 3 is 1.92 bits per heavy atom. The molecule has 0 aliphatic rings. The molecule has 0 aromatic carbocycles. The third-order valence-electron chi connectivity index (χ3n) is 6.38. The molecule has 0 aliphatic heterocycles. The van der Waals surface area contributed by atoms with Gasteiger partial charge in [-0.25, -0.2) is 0 Å². The largest absolute Gasteiger partial charge is 0.463 e. The summed E-state index contributed by atoms with van der Waals surface area (Å²) in [5.74, 6) is -1.22. The van der Waals surface area contributed by atoms with E-state index in [-0.39, 0.29) is 30.5 Å². The van der Waals surface area contributed by atoms with Gasteiger partial charge in [0.05, 0.1) is 27.2 Å². The molecule has 0 radical (unpaired) electrons. The Hall–Kier alpha value is -1.06. The summed E-state index contributed by atoms with van der Waals surface area (Å²) in [5, 5.41) is 28.5. The Balaban J connectivity index is 4.19. The SMILES string of the molecule is CCCC/C=C\CCCC/C=C\CCCC(=O)OC[C@@H](O)COP(=O)(O)C(CCC)[N+](C)(C)CCC(O)O. The van der Waals surface area contributed by atoms with Gasteiger partial charge in [-0.15, -0.1) is 0 Å². The molecule has 0 saturated carbocycles. The first kappa shape index (κ1) is 36.9. The number of ether oxygens (including phenoxy) is 1. The van der Waals surface area contributed by atoms with Crippen LogP contribution in [0.4, 0.5) is 0 Å². The maximum Gasteiger partial charge on any atom is 0.385 e. The van der Waals surface area contributed by atoms with Crippen molar-refractivity contribution < 1.29 is 43.3 Å². The van der Waals surface area contributed by atoms with Crippen LogP contribution in [-0.4, -0.2) is 82.7 Å². The fourth-order valence-corrected chi connectivity index (χ4v) is 6.08. The smallest absolute Gasteiger partial charge is 0.385 e. The maximum atomic E-state index is 13.0. The molecule has 2 unspecified atom stereocenters. The number of aliphatic hydroxyl groups excluding tert-OH is 2. The lowest BCUT2D eigenvalue weighted by Crippen LogP contribution is -2.50. The monoisotopic (exact) mass is 564 g/mol.